The van der Waals surface area contributed by atoms with Gasteiger partial charge in [-0.1, -0.05) is 13.8 Å². The molecule has 21 heavy (non-hydrogen) atoms. The molecule has 2 heterocycles. The Hall–Kier alpha value is -1.17. The smallest absolute Gasteiger partial charge is 0.122 e. The van der Waals surface area contributed by atoms with E-state index < -0.39 is 0 Å². The van der Waals surface area contributed by atoms with Gasteiger partial charge in [-0.25, -0.2) is 4.98 Å². The zero-order valence-corrected chi connectivity index (χ0v) is 14.2. The van der Waals surface area contributed by atoms with Gasteiger partial charge in [-0.2, -0.15) is 0 Å². The van der Waals surface area contributed by atoms with Crippen LogP contribution in [0.3, 0.4) is 0 Å². The minimum absolute atomic E-state index is 0.652. The van der Waals surface area contributed by atoms with Gasteiger partial charge in [0.2, 0.25) is 0 Å². The van der Waals surface area contributed by atoms with Crippen LogP contribution in [0.4, 0.5) is 0 Å². The van der Waals surface area contributed by atoms with Gasteiger partial charge in [0, 0.05) is 24.0 Å². The molecule has 0 unspecified atom stereocenters. The fourth-order valence-electron chi connectivity index (χ4n) is 2.24. The molecule has 0 aliphatic carbocycles. The maximum absolute atomic E-state index is 5.60. The molecule has 0 fully saturated rings. The molecule has 0 aromatic carbocycles. The van der Waals surface area contributed by atoms with Crippen molar-refractivity contribution in [1.82, 2.24) is 15.2 Å². The van der Waals surface area contributed by atoms with Gasteiger partial charge in [0.05, 0.1) is 23.5 Å². The summed E-state index contributed by atoms with van der Waals surface area (Å²) in [4.78, 5) is 6.78. The molecule has 116 valence electrons. The first-order chi connectivity index (χ1) is 10.0. The standard InChI is InChI=1S/C16H25N3OS/c1-12(2)7-17-8-16-14(5-6-20-16)9-19(4)10-15-11-21-13(3)18-15/h5-6,11-12,17H,7-10H2,1-4H3. The van der Waals surface area contributed by atoms with E-state index in [0.717, 1.165) is 42.6 Å². The van der Waals surface area contributed by atoms with Crippen LogP contribution < -0.4 is 5.32 Å². The topological polar surface area (TPSA) is 41.3 Å². The highest BCUT2D eigenvalue weighted by Gasteiger charge is 2.10. The van der Waals surface area contributed by atoms with Gasteiger partial charge < -0.3 is 9.73 Å². The Labute approximate surface area is 131 Å². The zero-order chi connectivity index (χ0) is 15.2. The van der Waals surface area contributed by atoms with E-state index in [0.29, 0.717) is 5.92 Å². The Balaban J connectivity index is 1.86. The molecule has 2 rings (SSSR count). The highest BCUT2D eigenvalue weighted by Crippen LogP contribution is 2.15. The lowest BCUT2D eigenvalue weighted by molar-refractivity contribution is 0.311. The van der Waals surface area contributed by atoms with E-state index in [1.807, 2.05) is 6.92 Å². The normalized spacial score (nSPS) is 11.7. The highest BCUT2D eigenvalue weighted by atomic mass is 32.1. The lowest BCUT2D eigenvalue weighted by Crippen LogP contribution is -2.21. The number of aryl methyl sites for hydroxylation is 1. The van der Waals surface area contributed by atoms with Gasteiger partial charge >= 0.3 is 0 Å². The number of furan rings is 1. The summed E-state index contributed by atoms with van der Waals surface area (Å²) in [5.74, 6) is 1.69. The molecule has 0 aliphatic rings. The lowest BCUT2D eigenvalue weighted by atomic mass is 10.2. The van der Waals surface area contributed by atoms with Gasteiger partial charge in [0.25, 0.3) is 0 Å². The number of hydrogen-bond donors (Lipinski definition) is 1. The number of rotatable bonds is 8. The Bertz CT molecular complexity index is 547. The van der Waals surface area contributed by atoms with E-state index in [9.17, 15) is 0 Å². The molecule has 0 saturated heterocycles. The molecule has 0 radical (unpaired) electrons. The fraction of sp³-hybridized carbons (Fsp3) is 0.562. The van der Waals surface area contributed by atoms with Gasteiger partial charge in [-0.15, -0.1) is 11.3 Å². The predicted octanol–water partition coefficient (Wildman–Crippen LogP) is 3.42. The molecule has 0 atom stereocenters. The quantitative estimate of drug-likeness (QED) is 0.811. The largest absolute Gasteiger partial charge is 0.468 e. The summed E-state index contributed by atoms with van der Waals surface area (Å²) in [5, 5.41) is 6.69. The molecule has 0 aliphatic heterocycles. The Kier molecular flexibility index (Phi) is 5.96. The second kappa shape index (κ2) is 7.73. The number of hydrogen-bond acceptors (Lipinski definition) is 5. The number of thiazole rings is 1. The van der Waals surface area contributed by atoms with Crippen LogP contribution in [-0.2, 0) is 19.6 Å². The highest BCUT2D eigenvalue weighted by molar-refractivity contribution is 7.09. The summed E-state index contributed by atoms with van der Waals surface area (Å²) in [6.07, 6.45) is 1.78. The first-order valence-corrected chi connectivity index (χ1v) is 8.28. The molecular weight excluding hydrogens is 282 g/mol. The maximum atomic E-state index is 5.60. The average molecular weight is 307 g/mol. The lowest BCUT2D eigenvalue weighted by Gasteiger charge is -2.15. The molecule has 2 aromatic rings. The first kappa shape index (κ1) is 16.2. The number of nitrogens with zero attached hydrogens (tertiary/aromatic N) is 2. The van der Waals surface area contributed by atoms with Crippen LogP contribution in [0, 0.1) is 12.8 Å². The van der Waals surface area contributed by atoms with Crippen molar-refractivity contribution < 1.29 is 4.42 Å². The van der Waals surface area contributed by atoms with E-state index in [-0.39, 0.29) is 0 Å². The zero-order valence-electron chi connectivity index (χ0n) is 13.3. The summed E-state index contributed by atoms with van der Waals surface area (Å²) in [7, 11) is 2.12. The molecule has 2 aromatic heterocycles. The second-order valence-corrected chi connectivity index (χ2v) is 6.99. The van der Waals surface area contributed by atoms with E-state index >= 15 is 0 Å². The first-order valence-electron chi connectivity index (χ1n) is 7.40. The van der Waals surface area contributed by atoms with Gasteiger partial charge in [-0.05, 0) is 32.5 Å². The predicted molar refractivity (Wildman–Crippen MR) is 87.3 cm³/mol. The van der Waals surface area contributed by atoms with Crippen molar-refractivity contribution in [3.05, 3.63) is 39.7 Å². The molecule has 0 bridgehead atoms. The Morgan fingerprint density at radius 1 is 1.38 bits per heavy atom. The summed E-state index contributed by atoms with van der Waals surface area (Å²) in [6.45, 7) is 10.0. The minimum Gasteiger partial charge on any atom is -0.468 e. The maximum Gasteiger partial charge on any atom is 0.122 e. The molecule has 5 heteroatoms. The van der Waals surface area contributed by atoms with Crippen molar-refractivity contribution in [2.75, 3.05) is 13.6 Å². The Morgan fingerprint density at radius 2 is 2.19 bits per heavy atom. The van der Waals surface area contributed by atoms with Crippen molar-refractivity contribution >= 4 is 11.3 Å². The summed E-state index contributed by atoms with van der Waals surface area (Å²) in [5.41, 5.74) is 2.39. The summed E-state index contributed by atoms with van der Waals surface area (Å²) < 4.78 is 5.60. The molecule has 1 N–H and O–H groups in total. The van der Waals surface area contributed by atoms with Crippen molar-refractivity contribution in [1.29, 1.82) is 0 Å². The van der Waals surface area contributed by atoms with Crippen molar-refractivity contribution in [2.24, 2.45) is 5.92 Å². The van der Waals surface area contributed by atoms with Crippen LogP contribution in [0.2, 0.25) is 0 Å². The minimum atomic E-state index is 0.652. The van der Waals surface area contributed by atoms with Crippen molar-refractivity contribution in [3.63, 3.8) is 0 Å². The molecule has 0 amide bonds. The van der Waals surface area contributed by atoms with Crippen LogP contribution >= 0.6 is 11.3 Å². The monoisotopic (exact) mass is 307 g/mol. The molecule has 0 spiro atoms. The summed E-state index contributed by atoms with van der Waals surface area (Å²) >= 11 is 1.70. The van der Waals surface area contributed by atoms with Crippen LogP contribution in [-0.4, -0.2) is 23.5 Å². The molecule has 4 nitrogen and oxygen atoms in total. The van der Waals surface area contributed by atoms with E-state index in [1.54, 1.807) is 17.6 Å². The SMILES string of the molecule is Cc1nc(CN(C)Cc2ccoc2CNCC(C)C)cs1. The van der Waals surface area contributed by atoms with Crippen LogP contribution in [0.5, 0.6) is 0 Å². The third-order valence-electron chi connectivity index (χ3n) is 3.21. The van der Waals surface area contributed by atoms with Crippen LogP contribution in [0.25, 0.3) is 0 Å². The van der Waals surface area contributed by atoms with Gasteiger partial charge in [0.15, 0.2) is 0 Å². The van der Waals surface area contributed by atoms with Gasteiger partial charge in [-0.3, -0.25) is 4.90 Å². The molecular formula is C16H25N3OS. The van der Waals surface area contributed by atoms with E-state index in [1.165, 1.54) is 5.56 Å². The molecule has 0 saturated carbocycles. The number of aromatic nitrogens is 1. The average Bonchev–Trinajstić information content (AvgIpc) is 2.99. The fourth-order valence-corrected chi connectivity index (χ4v) is 2.85. The third-order valence-corrected chi connectivity index (χ3v) is 4.04. The van der Waals surface area contributed by atoms with E-state index in [4.69, 9.17) is 4.42 Å². The van der Waals surface area contributed by atoms with E-state index in [2.05, 4.69) is 47.5 Å². The number of nitrogens with one attached hydrogen (secondary N) is 1. The van der Waals surface area contributed by atoms with Crippen molar-refractivity contribution in [3.8, 4) is 0 Å². The Morgan fingerprint density at radius 3 is 2.86 bits per heavy atom. The van der Waals surface area contributed by atoms with Crippen LogP contribution in [0.15, 0.2) is 22.1 Å². The van der Waals surface area contributed by atoms with Gasteiger partial charge in [0.1, 0.15) is 5.76 Å². The second-order valence-electron chi connectivity index (χ2n) is 5.92. The van der Waals surface area contributed by atoms with Crippen LogP contribution in [0.1, 0.15) is 35.9 Å². The van der Waals surface area contributed by atoms with Crippen molar-refractivity contribution in [2.45, 2.75) is 40.4 Å². The summed E-state index contributed by atoms with van der Waals surface area (Å²) in [6, 6.07) is 2.06. The third kappa shape index (κ3) is 5.26.